The number of hydrogen-bond donors (Lipinski definition) is 2. The number of nitrogens with one attached hydrogen (secondary N) is 1. The molecular formula is C19H25FN2O2. The van der Waals surface area contributed by atoms with Crippen molar-refractivity contribution < 1.29 is 13.6 Å². The van der Waals surface area contributed by atoms with Crippen LogP contribution in [0, 0.1) is 11.7 Å². The molecule has 0 saturated carbocycles. The van der Waals surface area contributed by atoms with E-state index in [1.54, 1.807) is 30.3 Å². The Labute approximate surface area is 142 Å². The predicted octanol–water partition coefficient (Wildman–Crippen LogP) is 3.51. The van der Waals surface area contributed by atoms with E-state index in [0.29, 0.717) is 42.4 Å². The fourth-order valence-corrected chi connectivity index (χ4v) is 2.64. The number of furan rings is 1. The third kappa shape index (κ3) is 5.20. The van der Waals surface area contributed by atoms with Crippen molar-refractivity contribution in [3.05, 3.63) is 48.0 Å². The molecule has 1 amide bonds. The van der Waals surface area contributed by atoms with E-state index < -0.39 is 0 Å². The molecule has 0 spiro atoms. The van der Waals surface area contributed by atoms with Gasteiger partial charge in [-0.25, -0.2) is 4.39 Å². The Morgan fingerprint density at radius 1 is 1.25 bits per heavy atom. The first-order valence-electron chi connectivity index (χ1n) is 8.32. The number of hydrogen-bond acceptors (Lipinski definition) is 3. The molecule has 130 valence electrons. The van der Waals surface area contributed by atoms with Crippen LogP contribution in [0.4, 0.5) is 4.39 Å². The van der Waals surface area contributed by atoms with Crippen LogP contribution in [0.3, 0.4) is 0 Å². The topological polar surface area (TPSA) is 68.3 Å². The van der Waals surface area contributed by atoms with E-state index in [2.05, 4.69) is 19.2 Å². The van der Waals surface area contributed by atoms with E-state index in [1.165, 1.54) is 6.07 Å². The van der Waals surface area contributed by atoms with Crippen molar-refractivity contribution in [2.24, 2.45) is 11.7 Å². The lowest BCUT2D eigenvalue weighted by molar-refractivity contribution is -0.121. The molecule has 0 bridgehead atoms. The third-order valence-electron chi connectivity index (χ3n) is 3.80. The van der Waals surface area contributed by atoms with Crippen molar-refractivity contribution >= 4 is 5.91 Å². The summed E-state index contributed by atoms with van der Waals surface area (Å²) in [4.78, 5) is 12.0. The van der Waals surface area contributed by atoms with Crippen molar-refractivity contribution in [2.45, 2.75) is 39.2 Å². The molecule has 4 nitrogen and oxygen atoms in total. The SMILES string of the molecule is CC(C)CC(CN)NC(=O)CCc1ccc(-c2ccccc2F)o1. The molecule has 1 atom stereocenters. The average Bonchev–Trinajstić information content (AvgIpc) is 3.01. The molecule has 0 saturated heterocycles. The minimum absolute atomic E-state index is 0.00285. The Kier molecular flexibility index (Phi) is 6.55. The van der Waals surface area contributed by atoms with Crippen LogP contribution in [0.2, 0.25) is 0 Å². The van der Waals surface area contributed by atoms with Gasteiger partial charge in [-0.05, 0) is 36.6 Å². The molecule has 2 rings (SSSR count). The van der Waals surface area contributed by atoms with Gasteiger partial charge >= 0.3 is 0 Å². The van der Waals surface area contributed by atoms with E-state index >= 15 is 0 Å². The monoisotopic (exact) mass is 332 g/mol. The van der Waals surface area contributed by atoms with Crippen molar-refractivity contribution in [1.29, 1.82) is 0 Å². The lowest BCUT2D eigenvalue weighted by Crippen LogP contribution is -2.41. The maximum atomic E-state index is 13.7. The van der Waals surface area contributed by atoms with Gasteiger partial charge in [0.25, 0.3) is 0 Å². The van der Waals surface area contributed by atoms with Gasteiger partial charge in [0.05, 0.1) is 5.56 Å². The first kappa shape index (κ1) is 18.2. The molecular weight excluding hydrogens is 307 g/mol. The third-order valence-corrected chi connectivity index (χ3v) is 3.80. The van der Waals surface area contributed by atoms with Gasteiger partial charge in [0.15, 0.2) is 0 Å². The van der Waals surface area contributed by atoms with Gasteiger partial charge in [-0.2, -0.15) is 0 Å². The van der Waals surface area contributed by atoms with Crippen molar-refractivity contribution in [1.82, 2.24) is 5.32 Å². The summed E-state index contributed by atoms with van der Waals surface area (Å²) in [7, 11) is 0. The fourth-order valence-electron chi connectivity index (χ4n) is 2.64. The summed E-state index contributed by atoms with van der Waals surface area (Å²) >= 11 is 0. The van der Waals surface area contributed by atoms with E-state index in [-0.39, 0.29) is 17.8 Å². The second kappa shape index (κ2) is 8.64. The Balaban J connectivity index is 1.89. The number of aryl methyl sites for hydroxylation is 1. The van der Waals surface area contributed by atoms with Crippen LogP contribution in [-0.4, -0.2) is 18.5 Å². The highest BCUT2D eigenvalue weighted by atomic mass is 19.1. The van der Waals surface area contributed by atoms with E-state index in [1.807, 2.05) is 0 Å². The van der Waals surface area contributed by atoms with Crippen molar-refractivity contribution in [3.63, 3.8) is 0 Å². The van der Waals surface area contributed by atoms with Crippen molar-refractivity contribution in [2.75, 3.05) is 6.54 Å². The zero-order valence-electron chi connectivity index (χ0n) is 14.2. The van der Waals surface area contributed by atoms with Crippen LogP contribution >= 0.6 is 0 Å². The highest BCUT2D eigenvalue weighted by Gasteiger charge is 2.14. The summed E-state index contributed by atoms with van der Waals surface area (Å²) in [5.74, 6) is 1.25. The van der Waals surface area contributed by atoms with Gasteiger partial charge < -0.3 is 15.5 Å². The van der Waals surface area contributed by atoms with Gasteiger partial charge in [-0.15, -0.1) is 0 Å². The quantitative estimate of drug-likeness (QED) is 0.777. The number of amides is 1. The average molecular weight is 332 g/mol. The fraction of sp³-hybridized carbons (Fsp3) is 0.421. The molecule has 0 fully saturated rings. The minimum Gasteiger partial charge on any atom is -0.461 e. The Hall–Kier alpha value is -2.14. The Bertz CT molecular complexity index is 667. The molecule has 1 aromatic carbocycles. The highest BCUT2D eigenvalue weighted by Crippen LogP contribution is 2.25. The van der Waals surface area contributed by atoms with E-state index in [4.69, 9.17) is 10.2 Å². The maximum Gasteiger partial charge on any atom is 0.220 e. The van der Waals surface area contributed by atoms with Crippen LogP contribution in [0.25, 0.3) is 11.3 Å². The zero-order chi connectivity index (χ0) is 17.5. The molecule has 24 heavy (non-hydrogen) atoms. The van der Waals surface area contributed by atoms with Crippen molar-refractivity contribution in [3.8, 4) is 11.3 Å². The number of rotatable bonds is 8. The van der Waals surface area contributed by atoms with Crippen LogP contribution < -0.4 is 11.1 Å². The number of nitrogens with two attached hydrogens (primary N) is 1. The summed E-state index contributed by atoms with van der Waals surface area (Å²) in [5.41, 5.74) is 6.11. The molecule has 3 N–H and O–H groups in total. The number of carbonyl (C=O) groups is 1. The Morgan fingerprint density at radius 3 is 2.67 bits per heavy atom. The smallest absolute Gasteiger partial charge is 0.220 e. The molecule has 0 aliphatic carbocycles. The summed E-state index contributed by atoms with van der Waals surface area (Å²) in [6.45, 7) is 4.63. The maximum absolute atomic E-state index is 13.7. The standard InChI is InChI=1S/C19H25FN2O2/c1-13(2)11-14(12-21)22-19(23)10-8-15-7-9-18(24-15)16-5-3-4-6-17(16)20/h3-7,9,13-14H,8,10-12,21H2,1-2H3,(H,22,23). The molecule has 1 unspecified atom stereocenters. The number of carbonyl (C=O) groups excluding carboxylic acids is 1. The number of benzene rings is 1. The molecule has 0 radical (unpaired) electrons. The highest BCUT2D eigenvalue weighted by molar-refractivity contribution is 5.76. The van der Waals surface area contributed by atoms with Crippen LogP contribution in [0.15, 0.2) is 40.8 Å². The van der Waals surface area contributed by atoms with E-state index in [0.717, 1.165) is 6.42 Å². The van der Waals surface area contributed by atoms with Gasteiger partial charge in [-0.1, -0.05) is 26.0 Å². The molecule has 1 aromatic heterocycles. The summed E-state index contributed by atoms with van der Waals surface area (Å²) in [5, 5.41) is 2.95. The predicted molar refractivity (Wildman–Crippen MR) is 92.9 cm³/mol. The van der Waals surface area contributed by atoms with Gasteiger partial charge in [-0.3, -0.25) is 4.79 Å². The molecule has 2 aromatic rings. The molecule has 1 heterocycles. The van der Waals surface area contributed by atoms with Crippen LogP contribution in [-0.2, 0) is 11.2 Å². The summed E-state index contributed by atoms with van der Waals surface area (Å²) in [6, 6.07) is 9.97. The van der Waals surface area contributed by atoms with Gasteiger partial charge in [0, 0.05) is 25.4 Å². The van der Waals surface area contributed by atoms with Crippen LogP contribution in [0.5, 0.6) is 0 Å². The molecule has 0 aliphatic heterocycles. The second-order valence-electron chi connectivity index (χ2n) is 6.38. The second-order valence-corrected chi connectivity index (χ2v) is 6.38. The normalized spacial score (nSPS) is 12.4. The minimum atomic E-state index is -0.324. The van der Waals surface area contributed by atoms with E-state index in [9.17, 15) is 9.18 Å². The number of halogens is 1. The summed E-state index contributed by atoms with van der Waals surface area (Å²) < 4.78 is 19.4. The molecule has 0 aliphatic rings. The molecule has 5 heteroatoms. The van der Waals surface area contributed by atoms with Crippen LogP contribution in [0.1, 0.15) is 32.4 Å². The summed E-state index contributed by atoms with van der Waals surface area (Å²) in [6.07, 6.45) is 1.65. The first-order chi connectivity index (χ1) is 11.5. The first-order valence-corrected chi connectivity index (χ1v) is 8.32. The van der Waals surface area contributed by atoms with Gasteiger partial charge in [0.1, 0.15) is 17.3 Å². The lowest BCUT2D eigenvalue weighted by Gasteiger charge is -2.18. The Morgan fingerprint density at radius 2 is 2.00 bits per heavy atom. The van der Waals surface area contributed by atoms with Gasteiger partial charge in [0.2, 0.25) is 5.91 Å². The largest absolute Gasteiger partial charge is 0.461 e. The zero-order valence-corrected chi connectivity index (χ0v) is 14.2. The lowest BCUT2D eigenvalue weighted by atomic mass is 10.0.